The van der Waals surface area contributed by atoms with Crippen molar-refractivity contribution in [2.75, 3.05) is 33.0 Å². The van der Waals surface area contributed by atoms with Crippen LogP contribution in [0.4, 0.5) is 0 Å². The normalized spacial score (nSPS) is 13.4. The van der Waals surface area contributed by atoms with Crippen molar-refractivity contribution in [1.82, 2.24) is 0 Å². The molecule has 306 valence electrons. The van der Waals surface area contributed by atoms with Crippen LogP contribution >= 0.6 is 7.82 Å². The lowest BCUT2D eigenvalue weighted by molar-refractivity contribution is -0.154. The van der Waals surface area contributed by atoms with E-state index in [1.807, 2.05) is 0 Å². The van der Waals surface area contributed by atoms with E-state index in [9.17, 15) is 14.3 Å². The molecule has 0 aromatic carbocycles. The summed E-state index contributed by atoms with van der Waals surface area (Å²) in [5.74, 6) is -0.325. The quantitative estimate of drug-likeness (QED) is 0.0360. The Morgan fingerprint density at radius 3 is 1.24 bits per heavy atom. The average Bonchev–Trinajstić information content (AvgIpc) is 3.12. The van der Waals surface area contributed by atoms with Gasteiger partial charge in [-0.25, -0.2) is 4.57 Å². The molecule has 0 saturated heterocycles. The standard InChI is InChI=1S/C42H86NO7P/c1-3-5-7-9-11-13-14-15-16-17-18-19-20-21-22-23-24-25-26-27-28-29-31-33-35-42(44)50-41(40-49-51(45,46)48-38-36-43)39-47-37-34-32-30-12-10-8-6-4-2/h41H,3-40,43H2,1-2H3,(H,45,46). The number of nitrogens with two attached hydrogens (primary N) is 1. The van der Waals surface area contributed by atoms with Crippen LogP contribution in [0.3, 0.4) is 0 Å². The van der Waals surface area contributed by atoms with Gasteiger partial charge < -0.3 is 20.1 Å². The average molecular weight is 748 g/mol. The first kappa shape index (κ1) is 50.5. The Labute approximate surface area is 316 Å². The van der Waals surface area contributed by atoms with Gasteiger partial charge in [0.1, 0.15) is 6.10 Å². The second-order valence-electron chi connectivity index (χ2n) is 14.9. The smallest absolute Gasteiger partial charge is 0.457 e. The number of hydrogen-bond acceptors (Lipinski definition) is 7. The highest BCUT2D eigenvalue weighted by Crippen LogP contribution is 2.43. The predicted molar refractivity (Wildman–Crippen MR) is 215 cm³/mol. The van der Waals surface area contributed by atoms with E-state index in [1.54, 1.807) is 0 Å². The summed E-state index contributed by atoms with van der Waals surface area (Å²) < 4.78 is 33.3. The van der Waals surface area contributed by atoms with Gasteiger partial charge in [0.15, 0.2) is 0 Å². The fraction of sp³-hybridized carbons (Fsp3) is 0.976. The Morgan fingerprint density at radius 2 is 0.863 bits per heavy atom. The van der Waals surface area contributed by atoms with Gasteiger partial charge >= 0.3 is 13.8 Å². The number of rotatable bonds is 43. The van der Waals surface area contributed by atoms with Crippen LogP contribution in [0.2, 0.25) is 0 Å². The van der Waals surface area contributed by atoms with Crippen LogP contribution < -0.4 is 5.73 Å². The Hall–Kier alpha value is -0.500. The third-order valence-corrected chi connectivity index (χ3v) is 10.8. The fourth-order valence-corrected chi connectivity index (χ4v) is 7.29. The zero-order chi connectivity index (χ0) is 37.4. The van der Waals surface area contributed by atoms with Crippen LogP contribution in [0.25, 0.3) is 0 Å². The number of carbonyl (C=O) groups is 1. The van der Waals surface area contributed by atoms with Gasteiger partial charge in [0.25, 0.3) is 0 Å². The summed E-state index contributed by atoms with van der Waals surface area (Å²) >= 11 is 0. The number of carbonyl (C=O) groups excluding carboxylic acids is 1. The van der Waals surface area contributed by atoms with Gasteiger partial charge in [-0.3, -0.25) is 13.8 Å². The summed E-state index contributed by atoms with van der Waals surface area (Å²) in [6, 6.07) is 0. The van der Waals surface area contributed by atoms with Gasteiger partial charge in [0.05, 0.1) is 19.8 Å². The van der Waals surface area contributed by atoms with Crippen molar-refractivity contribution in [3.63, 3.8) is 0 Å². The summed E-state index contributed by atoms with van der Waals surface area (Å²) in [5, 5.41) is 0. The molecule has 8 nitrogen and oxygen atoms in total. The van der Waals surface area contributed by atoms with Crippen molar-refractivity contribution >= 4 is 13.8 Å². The molecule has 0 radical (unpaired) electrons. The van der Waals surface area contributed by atoms with E-state index in [0.717, 1.165) is 32.1 Å². The predicted octanol–water partition coefficient (Wildman–Crippen LogP) is 12.9. The largest absolute Gasteiger partial charge is 0.472 e. The summed E-state index contributed by atoms with van der Waals surface area (Å²) in [6.07, 6.45) is 41.4. The monoisotopic (exact) mass is 748 g/mol. The Balaban J connectivity index is 3.79. The van der Waals surface area contributed by atoms with Gasteiger partial charge in [-0.1, -0.05) is 206 Å². The molecule has 0 aliphatic heterocycles. The minimum atomic E-state index is -4.26. The van der Waals surface area contributed by atoms with Crippen molar-refractivity contribution in [2.24, 2.45) is 5.73 Å². The van der Waals surface area contributed by atoms with E-state index in [-0.39, 0.29) is 32.3 Å². The van der Waals surface area contributed by atoms with Crippen LogP contribution in [0.15, 0.2) is 0 Å². The molecule has 0 aliphatic carbocycles. The molecule has 0 aromatic heterocycles. The van der Waals surface area contributed by atoms with Crippen molar-refractivity contribution in [3.8, 4) is 0 Å². The van der Waals surface area contributed by atoms with E-state index in [0.29, 0.717) is 13.0 Å². The summed E-state index contributed by atoms with van der Waals surface area (Å²) in [5.41, 5.74) is 5.35. The highest BCUT2D eigenvalue weighted by molar-refractivity contribution is 7.47. The summed E-state index contributed by atoms with van der Waals surface area (Å²) in [6.45, 7) is 4.95. The Morgan fingerprint density at radius 1 is 0.510 bits per heavy atom. The highest BCUT2D eigenvalue weighted by atomic mass is 31.2. The molecule has 0 heterocycles. The van der Waals surface area contributed by atoms with Crippen LogP contribution in [-0.2, 0) is 27.9 Å². The van der Waals surface area contributed by atoms with E-state index in [2.05, 4.69) is 13.8 Å². The molecule has 2 unspecified atom stereocenters. The van der Waals surface area contributed by atoms with Gasteiger partial charge in [0, 0.05) is 19.6 Å². The van der Waals surface area contributed by atoms with E-state index >= 15 is 0 Å². The Bertz CT molecular complexity index is 757. The number of hydrogen-bond donors (Lipinski definition) is 2. The van der Waals surface area contributed by atoms with Gasteiger partial charge in [-0.05, 0) is 12.8 Å². The maximum absolute atomic E-state index is 12.5. The molecule has 0 aliphatic rings. The lowest BCUT2D eigenvalue weighted by Crippen LogP contribution is -2.28. The lowest BCUT2D eigenvalue weighted by atomic mass is 10.0. The molecule has 0 amide bonds. The van der Waals surface area contributed by atoms with Crippen molar-refractivity contribution in [1.29, 1.82) is 0 Å². The number of phosphoric ester groups is 1. The Kier molecular flexibility index (Phi) is 40.3. The molecule has 0 saturated carbocycles. The zero-order valence-corrected chi connectivity index (χ0v) is 34.8. The molecule has 0 bridgehead atoms. The topological polar surface area (TPSA) is 117 Å². The van der Waals surface area contributed by atoms with Crippen LogP contribution in [0.5, 0.6) is 0 Å². The van der Waals surface area contributed by atoms with Gasteiger partial charge in [-0.15, -0.1) is 0 Å². The molecule has 0 aromatic rings. The van der Waals surface area contributed by atoms with Crippen molar-refractivity contribution < 1.29 is 32.8 Å². The number of phosphoric acid groups is 1. The maximum Gasteiger partial charge on any atom is 0.472 e. The van der Waals surface area contributed by atoms with E-state index in [1.165, 1.54) is 173 Å². The highest BCUT2D eigenvalue weighted by Gasteiger charge is 2.25. The molecule has 9 heteroatoms. The molecule has 51 heavy (non-hydrogen) atoms. The van der Waals surface area contributed by atoms with Crippen LogP contribution in [0, 0.1) is 0 Å². The van der Waals surface area contributed by atoms with Crippen LogP contribution in [-0.4, -0.2) is 49.9 Å². The number of ether oxygens (including phenoxy) is 2. The number of unbranched alkanes of at least 4 members (excludes halogenated alkanes) is 30. The first-order valence-corrected chi connectivity index (χ1v) is 23.5. The van der Waals surface area contributed by atoms with Gasteiger partial charge in [-0.2, -0.15) is 0 Å². The van der Waals surface area contributed by atoms with E-state index < -0.39 is 13.9 Å². The van der Waals surface area contributed by atoms with Crippen molar-refractivity contribution in [3.05, 3.63) is 0 Å². The maximum atomic E-state index is 12.5. The summed E-state index contributed by atoms with van der Waals surface area (Å²) in [7, 11) is -4.26. The zero-order valence-electron chi connectivity index (χ0n) is 33.9. The van der Waals surface area contributed by atoms with Crippen LogP contribution in [0.1, 0.15) is 226 Å². The molecule has 0 spiro atoms. The van der Waals surface area contributed by atoms with E-state index in [4.69, 9.17) is 24.3 Å². The lowest BCUT2D eigenvalue weighted by Gasteiger charge is -2.20. The number of esters is 1. The molecule has 2 atom stereocenters. The SMILES string of the molecule is CCCCCCCCCCCCCCCCCCCCCCCCCCC(=O)OC(COCCCCCCCCCC)COP(=O)(O)OCCN. The fourth-order valence-electron chi connectivity index (χ4n) is 6.53. The van der Waals surface area contributed by atoms with Crippen molar-refractivity contribution in [2.45, 2.75) is 232 Å². The third kappa shape index (κ3) is 40.5. The first-order valence-electron chi connectivity index (χ1n) is 22.0. The second kappa shape index (κ2) is 40.7. The first-order chi connectivity index (χ1) is 24.9. The molecule has 0 rings (SSSR count). The van der Waals surface area contributed by atoms with Gasteiger partial charge in [0.2, 0.25) is 0 Å². The molecular weight excluding hydrogens is 661 g/mol. The minimum absolute atomic E-state index is 0.0905. The third-order valence-electron chi connectivity index (χ3n) is 9.77. The minimum Gasteiger partial charge on any atom is -0.457 e. The molecule has 0 fully saturated rings. The molecular formula is C42H86NO7P. The summed E-state index contributed by atoms with van der Waals surface area (Å²) in [4.78, 5) is 22.4. The molecule has 3 N–H and O–H groups in total. The second-order valence-corrected chi connectivity index (χ2v) is 16.4.